The third-order valence-electron chi connectivity index (χ3n) is 13.0. The second kappa shape index (κ2) is 54.1. The summed E-state index contributed by atoms with van der Waals surface area (Å²) in [5.41, 5.74) is 0. The van der Waals surface area contributed by atoms with Gasteiger partial charge in [-0.05, 0) is 50.9 Å². The Labute approximate surface area is 379 Å². The Kier molecular flexibility index (Phi) is 53.1. The number of hydrogen-bond acceptors (Lipinski definition) is 2. The molecule has 0 aromatic heterocycles. The van der Waals surface area contributed by atoms with Crippen LogP contribution in [0.5, 0.6) is 0 Å². The van der Waals surface area contributed by atoms with Crippen molar-refractivity contribution in [2.24, 2.45) is 5.92 Å². The third-order valence-corrected chi connectivity index (χ3v) is 13.0. The van der Waals surface area contributed by atoms with Gasteiger partial charge >= 0.3 is 5.97 Å². The molecule has 0 fully saturated rings. The highest BCUT2D eigenvalue weighted by molar-refractivity contribution is 5.69. The van der Waals surface area contributed by atoms with E-state index >= 15 is 0 Å². The van der Waals surface area contributed by atoms with Crippen LogP contribution in [0.3, 0.4) is 0 Å². The standard InChI is InChI=1S/C58H112O2/c1-4-5-6-7-8-9-10-11-33-37-40-43-46-49-52-55-58(59)60-56-53-50-47-44-41-38-35-32-30-28-26-24-22-20-18-16-14-12-13-15-17-19-21-23-25-27-29-31-34-36-39-42-45-48-51-54-57(2)3/h8-9,11,33,57H,4-7,10,12-32,34-56H2,1-3H3/b9-8-,33-11-. The van der Waals surface area contributed by atoms with Crippen LogP contribution in [0.2, 0.25) is 0 Å². The van der Waals surface area contributed by atoms with Crippen LogP contribution in [0.15, 0.2) is 24.3 Å². The molecule has 0 unspecified atom stereocenters. The van der Waals surface area contributed by atoms with E-state index in [1.807, 2.05) is 0 Å². The predicted octanol–water partition coefficient (Wildman–Crippen LogP) is 21.0. The minimum absolute atomic E-state index is 0.0158. The third kappa shape index (κ3) is 55.0. The first kappa shape index (κ1) is 58.9. The van der Waals surface area contributed by atoms with Crippen molar-refractivity contribution in [3.63, 3.8) is 0 Å². The number of allylic oxidation sites excluding steroid dienone is 4. The van der Waals surface area contributed by atoms with Gasteiger partial charge in [0, 0.05) is 6.42 Å². The fraction of sp³-hybridized carbons (Fsp3) is 0.914. The summed E-state index contributed by atoms with van der Waals surface area (Å²) in [5.74, 6) is 0.905. The first-order valence-corrected chi connectivity index (χ1v) is 28.1. The molecule has 0 saturated heterocycles. The largest absolute Gasteiger partial charge is 0.466 e. The quantitative estimate of drug-likeness (QED) is 0.0346. The van der Waals surface area contributed by atoms with Gasteiger partial charge in [0.05, 0.1) is 6.61 Å². The van der Waals surface area contributed by atoms with Gasteiger partial charge < -0.3 is 4.74 Å². The molecule has 0 rings (SSSR count). The van der Waals surface area contributed by atoms with Gasteiger partial charge in [0.2, 0.25) is 0 Å². The number of carbonyl (C=O) groups excluding carboxylic acids is 1. The molecule has 0 radical (unpaired) electrons. The number of rotatable bonds is 52. The number of hydrogen-bond donors (Lipinski definition) is 0. The van der Waals surface area contributed by atoms with Crippen molar-refractivity contribution in [2.45, 2.75) is 329 Å². The molecule has 0 atom stereocenters. The monoisotopic (exact) mass is 841 g/mol. The molecule has 0 aliphatic carbocycles. The van der Waals surface area contributed by atoms with E-state index in [9.17, 15) is 4.79 Å². The summed E-state index contributed by atoms with van der Waals surface area (Å²) in [6, 6.07) is 0. The van der Waals surface area contributed by atoms with Crippen molar-refractivity contribution in [2.75, 3.05) is 6.61 Å². The Morgan fingerprint density at radius 1 is 0.350 bits per heavy atom. The average Bonchev–Trinajstić information content (AvgIpc) is 3.24. The molecular weight excluding hydrogens is 729 g/mol. The molecule has 0 aliphatic rings. The van der Waals surface area contributed by atoms with Crippen LogP contribution in [0, 0.1) is 5.92 Å². The highest BCUT2D eigenvalue weighted by Crippen LogP contribution is 2.18. The lowest BCUT2D eigenvalue weighted by Crippen LogP contribution is -2.05. The topological polar surface area (TPSA) is 26.3 Å². The van der Waals surface area contributed by atoms with Crippen molar-refractivity contribution >= 4 is 5.97 Å². The van der Waals surface area contributed by atoms with Crippen molar-refractivity contribution < 1.29 is 9.53 Å². The zero-order valence-electron chi connectivity index (χ0n) is 41.9. The Morgan fingerprint density at radius 2 is 0.633 bits per heavy atom. The summed E-state index contributed by atoms with van der Waals surface area (Å²) in [6.45, 7) is 7.58. The van der Waals surface area contributed by atoms with Gasteiger partial charge in [-0.3, -0.25) is 4.79 Å². The van der Waals surface area contributed by atoms with Crippen LogP contribution < -0.4 is 0 Å². The fourth-order valence-corrected chi connectivity index (χ4v) is 8.83. The second-order valence-electron chi connectivity index (χ2n) is 19.8. The van der Waals surface area contributed by atoms with Crippen molar-refractivity contribution in [1.29, 1.82) is 0 Å². The van der Waals surface area contributed by atoms with Crippen molar-refractivity contribution in [1.82, 2.24) is 0 Å². The zero-order chi connectivity index (χ0) is 43.3. The summed E-state index contributed by atoms with van der Waals surface area (Å²) < 4.78 is 5.48. The van der Waals surface area contributed by atoms with E-state index in [0.717, 1.165) is 31.6 Å². The van der Waals surface area contributed by atoms with Crippen LogP contribution in [0.4, 0.5) is 0 Å². The van der Waals surface area contributed by atoms with Crippen LogP contribution in [0.1, 0.15) is 329 Å². The lowest BCUT2D eigenvalue weighted by molar-refractivity contribution is -0.143. The SMILES string of the molecule is CCCCC/C=C\C/C=C\CCCCCCCC(=O)OCCCCCCCCCCCCCCCCCCCCCCCCCCCCCCCCCCCCCC(C)C. The van der Waals surface area contributed by atoms with E-state index in [0.29, 0.717) is 13.0 Å². The second-order valence-corrected chi connectivity index (χ2v) is 19.8. The molecule has 0 N–H and O–H groups in total. The van der Waals surface area contributed by atoms with E-state index in [4.69, 9.17) is 4.74 Å². The van der Waals surface area contributed by atoms with Gasteiger partial charge in [0.1, 0.15) is 0 Å². The van der Waals surface area contributed by atoms with Gasteiger partial charge in [-0.1, -0.05) is 302 Å². The summed E-state index contributed by atoms with van der Waals surface area (Å²) in [4.78, 5) is 12.0. The molecule has 0 aliphatic heterocycles. The predicted molar refractivity (Wildman–Crippen MR) is 271 cm³/mol. The van der Waals surface area contributed by atoms with E-state index in [1.54, 1.807) is 0 Å². The molecule has 0 saturated carbocycles. The minimum Gasteiger partial charge on any atom is -0.466 e. The Morgan fingerprint density at radius 3 is 0.967 bits per heavy atom. The van der Waals surface area contributed by atoms with Crippen molar-refractivity contribution in [3.05, 3.63) is 24.3 Å². The van der Waals surface area contributed by atoms with Crippen LogP contribution in [0.25, 0.3) is 0 Å². The summed E-state index contributed by atoms with van der Waals surface area (Å²) >= 11 is 0. The van der Waals surface area contributed by atoms with Gasteiger partial charge in [0.15, 0.2) is 0 Å². The maximum absolute atomic E-state index is 12.0. The molecule has 0 amide bonds. The van der Waals surface area contributed by atoms with Gasteiger partial charge in [-0.2, -0.15) is 0 Å². The van der Waals surface area contributed by atoms with Gasteiger partial charge in [0.25, 0.3) is 0 Å². The maximum atomic E-state index is 12.0. The van der Waals surface area contributed by atoms with Crippen molar-refractivity contribution in [3.8, 4) is 0 Å². The molecule has 0 bridgehead atoms. The van der Waals surface area contributed by atoms with Crippen LogP contribution in [-0.2, 0) is 9.53 Å². The first-order valence-electron chi connectivity index (χ1n) is 28.1. The van der Waals surface area contributed by atoms with E-state index in [1.165, 1.54) is 276 Å². The van der Waals surface area contributed by atoms with E-state index in [-0.39, 0.29) is 5.97 Å². The van der Waals surface area contributed by atoms with Crippen LogP contribution >= 0.6 is 0 Å². The molecule has 0 aromatic carbocycles. The smallest absolute Gasteiger partial charge is 0.305 e. The number of unbranched alkanes of at least 4 members (excludes halogenated alkanes) is 42. The van der Waals surface area contributed by atoms with Gasteiger partial charge in [-0.25, -0.2) is 0 Å². The lowest BCUT2D eigenvalue weighted by Gasteiger charge is -2.06. The number of esters is 1. The Balaban J connectivity index is 3.15. The highest BCUT2D eigenvalue weighted by Gasteiger charge is 2.03. The molecule has 0 spiro atoms. The lowest BCUT2D eigenvalue weighted by atomic mass is 10.0. The minimum atomic E-state index is 0.0158. The first-order chi connectivity index (χ1) is 29.7. The molecule has 2 nitrogen and oxygen atoms in total. The fourth-order valence-electron chi connectivity index (χ4n) is 8.83. The van der Waals surface area contributed by atoms with Gasteiger partial charge in [-0.15, -0.1) is 0 Å². The zero-order valence-corrected chi connectivity index (χ0v) is 41.9. The summed E-state index contributed by atoms with van der Waals surface area (Å²) in [7, 11) is 0. The summed E-state index contributed by atoms with van der Waals surface area (Å²) in [6.07, 6.45) is 75.0. The molecule has 2 heteroatoms. The molecule has 60 heavy (non-hydrogen) atoms. The van der Waals surface area contributed by atoms with E-state index < -0.39 is 0 Å². The molecular formula is C58H112O2. The summed E-state index contributed by atoms with van der Waals surface area (Å²) in [5, 5.41) is 0. The molecule has 0 heterocycles. The number of ether oxygens (including phenoxy) is 1. The average molecular weight is 842 g/mol. The normalized spacial score (nSPS) is 11.9. The van der Waals surface area contributed by atoms with Crippen LogP contribution in [-0.4, -0.2) is 12.6 Å². The molecule has 356 valence electrons. The van der Waals surface area contributed by atoms with E-state index in [2.05, 4.69) is 45.1 Å². The Bertz CT molecular complexity index is 842. The number of carbonyl (C=O) groups is 1. The Hall–Kier alpha value is -1.05. The maximum Gasteiger partial charge on any atom is 0.305 e. The highest BCUT2D eigenvalue weighted by atomic mass is 16.5. The molecule has 0 aromatic rings.